The van der Waals surface area contributed by atoms with Gasteiger partial charge in [0.05, 0.1) is 18.2 Å². The van der Waals surface area contributed by atoms with Crippen molar-refractivity contribution in [3.8, 4) is 0 Å². The highest BCUT2D eigenvalue weighted by Gasteiger charge is 2.32. The van der Waals surface area contributed by atoms with Gasteiger partial charge >= 0.3 is 5.97 Å². The summed E-state index contributed by atoms with van der Waals surface area (Å²) in [5.41, 5.74) is 0.0198. The lowest BCUT2D eigenvalue weighted by Crippen LogP contribution is -2.42. The number of halogens is 1. The third-order valence-corrected chi connectivity index (χ3v) is 3.99. The maximum absolute atomic E-state index is 12.4. The van der Waals surface area contributed by atoms with E-state index in [9.17, 15) is 9.59 Å². The first-order valence-electron chi connectivity index (χ1n) is 7.96. The van der Waals surface area contributed by atoms with E-state index in [4.69, 9.17) is 16.4 Å². The van der Waals surface area contributed by atoms with E-state index >= 15 is 0 Å². The molecule has 1 aromatic carbocycles. The predicted molar refractivity (Wildman–Crippen MR) is 93.1 cm³/mol. The number of rotatable bonds is 5. The smallest absolute Gasteiger partial charge is 0.337 e. The molecule has 0 radical (unpaired) electrons. The number of hydrogen-bond acceptors (Lipinski definition) is 5. The lowest BCUT2D eigenvalue weighted by atomic mass is 9.98. The van der Waals surface area contributed by atoms with Crippen LogP contribution >= 0.6 is 11.6 Å². The molecule has 1 aromatic rings. The average molecular weight is 351 g/mol. The SMILES string of the molecule is CCC1N(CC(=O)c2ccc(Cl)cc2)C=CN1OC(=O)C(C)(C)C. The van der Waals surface area contributed by atoms with Gasteiger partial charge in [0.2, 0.25) is 0 Å². The fraction of sp³-hybridized carbons (Fsp3) is 0.444. The van der Waals surface area contributed by atoms with E-state index in [2.05, 4.69) is 0 Å². The van der Waals surface area contributed by atoms with Gasteiger partial charge in [-0.2, -0.15) is 5.06 Å². The number of carbonyl (C=O) groups excluding carboxylic acids is 2. The van der Waals surface area contributed by atoms with Gasteiger partial charge in [0.1, 0.15) is 6.17 Å². The Morgan fingerprint density at radius 3 is 2.33 bits per heavy atom. The second kappa shape index (κ2) is 7.26. The number of nitrogens with zero attached hydrogens (tertiary/aromatic N) is 2. The Hall–Kier alpha value is -2.01. The normalized spacial score (nSPS) is 17.3. The summed E-state index contributed by atoms with van der Waals surface area (Å²) < 4.78 is 0. The van der Waals surface area contributed by atoms with Crippen molar-refractivity contribution in [1.29, 1.82) is 0 Å². The fourth-order valence-electron chi connectivity index (χ4n) is 2.29. The summed E-state index contributed by atoms with van der Waals surface area (Å²) in [4.78, 5) is 31.8. The number of hydroxylamine groups is 2. The van der Waals surface area contributed by atoms with Crippen LogP contribution < -0.4 is 0 Å². The molecular weight excluding hydrogens is 328 g/mol. The second-order valence-electron chi connectivity index (χ2n) is 6.78. The molecule has 2 rings (SSSR count). The van der Waals surface area contributed by atoms with Crippen LogP contribution in [0.5, 0.6) is 0 Å². The van der Waals surface area contributed by atoms with Crippen molar-refractivity contribution in [2.45, 2.75) is 40.3 Å². The average Bonchev–Trinajstić information content (AvgIpc) is 2.88. The summed E-state index contributed by atoms with van der Waals surface area (Å²) in [5, 5.41) is 2.11. The molecule has 6 heteroatoms. The molecule has 1 unspecified atom stereocenters. The number of hydrogen-bond donors (Lipinski definition) is 0. The fourth-order valence-corrected chi connectivity index (χ4v) is 2.41. The van der Waals surface area contributed by atoms with Crippen molar-refractivity contribution < 1.29 is 14.4 Å². The van der Waals surface area contributed by atoms with E-state index in [1.165, 1.54) is 5.06 Å². The predicted octanol–water partition coefficient (Wildman–Crippen LogP) is 3.85. The Morgan fingerprint density at radius 1 is 1.17 bits per heavy atom. The third-order valence-electron chi connectivity index (χ3n) is 3.74. The van der Waals surface area contributed by atoms with Crippen molar-refractivity contribution in [3.63, 3.8) is 0 Å². The van der Waals surface area contributed by atoms with Crippen molar-refractivity contribution in [2.24, 2.45) is 5.41 Å². The molecule has 1 atom stereocenters. The molecule has 0 saturated carbocycles. The van der Waals surface area contributed by atoms with Gasteiger partial charge in [-0.3, -0.25) is 4.79 Å². The van der Waals surface area contributed by atoms with Gasteiger partial charge < -0.3 is 9.74 Å². The molecule has 130 valence electrons. The number of ketones is 1. The Morgan fingerprint density at radius 2 is 1.79 bits per heavy atom. The van der Waals surface area contributed by atoms with Crippen LogP contribution in [0.2, 0.25) is 5.02 Å². The molecule has 5 nitrogen and oxygen atoms in total. The maximum atomic E-state index is 12.4. The van der Waals surface area contributed by atoms with Crippen LogP contribution in [0.3, 0.4) is 0 Å². The first kappa shape index (κ1) is 18.3. The van der Waals surface area contributed by atoms with E-state index < -0.39 is 5.41 Å². The van der Waals surface area contributed by atoms with E-state index in [-0.39, 0.29) is 24.5 Å². The van der Waals surface area contributed by atoms with Crippen LogP contribution in [0.1, 0.15) is 44.5 Å². The zero-order valence-electron chi connectivity index (χ0n) is 14.5. The molecule has 0 N–H and O–H groups in total. The van der Waals surface area contributed by atoms with Crippen molar-refractivity contribution >= 4 is 23.4 Å². The summed E-state index contributed by atoms with van der Waals surface area (Å²) in [5.74, 6) is -0.324. The molecule has 0 bridgehead atoms. The van der Waals surface area contributed by atoms with Crippen LogP contribution in [0.25, 0.3) is 0 Å². The molecule has 1 aliphatic heterocycles. The van der Waals surface area contributed by atoms with Crippen LogP contribution in [0, 0.1) is 5.41 Å². The van der Waals surface area contributed by atoms with Gasteiger partial charge in [0.25, 0.3) is 0 Å². The van der Waals surface area contributed by atoms with Crippen LogP contribution in [0.4, 0.5) is 0 Å². The van der Waals surface area contributed by atoms with Crippen molar-refractivity contribution in [3.05, 3.63) is 47.3 Å². The highest BCUT2D eigenvalue weighted by molar-refractivity contribution is 6.30. The number of benzene rings is 1. The van der Waals surface area contributed by atoms with E-state index in [0.717, 1.165) is 0 Å². The summed E-state index contributed by atoms with van der Waals surface area (Å²) in [6.45, 7) is 7.60. The lowest BCUT2D eigenvalue weighted by molar-refractivity contribution is -0.201. The Labute approximate surface area is 147 Å². The number of carbonyl (C=O) groups is 2. The quantitative estimate of drug-likeness (QED) is 0.755. The number of Topliss-reactive ketones (excluding diaryl/α,β-unsaturated/α-hetero) is 1. The molecule has 0 spiro atoms. The minimum Gasteiger partial charge on any atom is -0.346 e. The zero-order chi connectivity index (χ0) is 17.9. The summed E-state index contributed by atoms with van der Waals surface area (Å²) in [7, 11) is 0. The highest BCUT2D eigenvalue weighted by atomic mass is 35.5. The zero-order valence-corrected chi connectivity index (χ0v) is 15.2. The largest absolute Gasteiger partial charge is 0.346 e. The standard InChI is InChI=1S/C18H23ClN2O3/c1-5-16-20(10-11-21(16)24-17(23)18(2,3)4)12-15(22)13-6-8-14(19)9-7-13/h6-11,16H,5,12H2,1-4H3. The van der Waals surface area contributed by atoms with Gasteiger partial charge in [-0.1, -0.05) is 18.5 Å². The lowest BCUT2D eigenvalue weighted by Gasteiger charge is -2.31. The first-order chi connectivity index (χ1) is 11.2. The molecule has 0 aromatic heterocycles. The first-order valence-corrected chi connectivity index (χ1v) is 8.33. The molecule has 1 aliphatic rings. The van der Waals surface area contributed by atoms with Crippen LogP contribution in [-0.4, -0.2) is 34.4 Å². The minimum atomic E-state index is -0.585. The monoisotopic (exact) mass is 350 g/mol. The maximum Gasteiger partial charge on any atom is 0.337 e. The third kappa shape index (κ3) is 4.29. The molecule has 0 amide bonds. The summed E-state index contributed by atoms with van der Waals surface area (Å²) >= 11 is 5.85. The van der Waals surface area contributed by atoms with Gasteiger partial charge in [-0.05, 0) is 51.5 Å². The highest BCUT2D eigenvalue weighted by Crippen LogP contribution is 2.23. The van der Waals surface area contributed by atoms with Gasteiger partial charge in [-0.25, -0.2) is 4.79 Å². The minimum absolute atomic E-state index is 0.0150. The molecular formula is C18H23ClN2O3. The molecule has 0 fully saturated rings. The van der Waals surface area contributed by atoms with Crippen LogP contribution in [-0.2, 0) is 9.63 Å². The molecule has 0 saturated heterocycles. The Bertz CT molecular complexity index is 635. The van der Waals surface area contributed by atoms with Crippen molar-refractivity contribution in [2.75, 3.05) is 6.54 Å². The Kier molecular flexibility index (Phi) is 5.54. The van der Waals surface area contributed by atoms with E-state index in [0.29, 0.717) is 17.0 Å². The topological polar surface area (TPSA) is 49.9 Å². The molecule has 0 aliphatic carbocycles. The molecule has 1 heterocycles. The van der Waals surface area contributed by atoms with E-state index in [1.807, 2.05) is 11.8 Å². The van der Waals surface area contributed by atoms with E-state index in [1.54, 1.807) is 57.4 Å². The molecule has 24 heavy (non-hydrogen) atoms. The van der Waals surface area contributed by atoms with Crippen LogP contribution in [0.15, 0.2) is 36.7 Å². The van der Waals surface area contributed by atoms with Gasteiger partial charge in [0, 0.05) is 16.8 Å². The summed E-state index contributed by atoms with van der Waals surface area (Å²) in [6, 6.07) is 6.82. The van der Waals surface area contributed by atoms with Gasteiger partial charge in [0.15, 0.2) is 5.78 Å². The Balaban J connectivity index is 2.02. The second-order valence-corrected chi connectivity index (χ2v) is 7.21. The van der Waals surface area contributed by atoms with Gasteiger partial charge in [-0.15, -0.1) is 0 Å². The summed E-state index contributed by atoms with van der Waals surface area (Å²) in [6.07, 6.45) is 3.98. The van der Waals surface area contributed by atoms with Crippen molar-refractivity contribution in [1.82, 2.24) is 9.96 Å².